The lowest BCUT2D eigenvalue weighted by molar-refractivity contribution is -0.154. The summed E-state index contributed by atoms with van der Waals surface area (Å²) in [6.45, 7) is 5.07. The van der Waals surface area contributed by atoms with E-state index in [-0.39, 0.29) is 11.8 Å². The summed E-state index contributed by atoms with van der Waals surface area (Å²) in [5, 5.41) is 12.2. The van der Waals surface area contributed by atoms with Crippen LogP contribution in [-0.4, -0.2) is 48.1 Å². The molecule has 0 aromatic carbocycles. The highest BCUT2D eigenvalue weighted by atomic mass is 16.4. The van der Waals surface area contributed by atoms with Gasteiger partial charge in [0.2, 0.25) is 5.91 Å². The third-order valence-electron chi connectivity index (χ3n) is 3.79. The molecule has 0 aliphatic carbocycles. The Morgan fingerprint density at radius 1 is 1.50 bits per heavy atom. The average molecular weight is 256 g/mol. The van der Waals surface area contributed by atoms with Crippen LogP contribution in [0.2, 0.25) is 0 Å². The monoisotopic (exact) mass is 256 g/mol. The van der Waals surface area contributed by atoms with E-state index in [2.05, 4.69) is 12.2 Å². The number of piperidine rings is 1. The van der Waals surface area contributed by atoms with Crippen LogP contribution in [-0.2, 0) is 9.59 Å². The maximum atomic E-state index is 12.2. The second-order valence-electron chi connectivity index (χ2n) is 5.14. The van der Waals surface area contributed by atoms with Crippen LogP contribution in [0.25, 0.3) is 0 Å². The number of aliphatic carboxylic acids is 1. The number of carboxylic acid groups (broad SMARTS) is 1. The Balaban J connectivity index is 2.73. The molecule has 1 amide bonds. The largest absolute Gasteiger partial charge is 0.480 e. The predicted molar refractivity (Wildman–Crippen MR) is 69.2 cm³/mol. The minimum Gasteiger partial charge on any atom is -0.480 e. The number of carbonyl (C=O) groups is 2. The van der Waals surface area contributed by atoms with Crippen LogP contribution in [0, 0.1) is 11.8 Å². The second kappa shape index (κ2) is 6.73. The van der Waals surface area contributed by atoms with Gasteiger partial charge in [-0.05, 0) is 25.8 Å². The van der Waals surface area contributed by atoms with E-state index in [9.17, 15) is 14.7 Å². The fourth-order valence-electron chi connectivity index (χ4n) is 2.58. The van der Waals surface area contributed by atoms with Gasteiger partial charge in [-0.2, -0.15) is 0 Å². The van der Waals surface area contributed by atoms with E-state index in [0.29, 0.717) is 25.4 Å². The molecule has 1 fully saturated rings. The summed E-state index contributed by atoms with van der Waals surface area (Å²) in [6, 6.07) is -0.643. The lowest BCUT2D eigenvalue weighted by atomic mass is 9.88. The maximum absolute atomic E-state index is 12.2. The van der Waals surface area contributed by atoms with E-state index in [4.69, 9.17) is 0 Å². The zero-order valence-electron chi connectivity index (χ0n) is 11.5. The maximum Gasteiger partial charge on any atom is 0.326 e. The molecule has 0 aromatic rings. The summed E-state index contributed by atoms with van der Waals surface area (Å²) in [5.74, 6) is -0.672. The van der Waals surface area contributed by atoms with Crippen LogP contribution >= 0.6 is 0 Å². The van der Waals surface area contributed by atoms with Gasteiger partial charge in [0.15, 0.2) is 0 Å². The second-order valence-corrected chi connectivity index (χ2v) is 5.14. The van der Waals surface area contributed by atoms with E-state index < -0.39 is 12.0 Å². The number of carboxylic acids is 1. The van der Waals surface area contributed by atoms with E-state index in [1.54, 1.807) is 11.9 Å². The van der Waals surface area contributed by atoms with Crippen LogP contribution in [0.4, 0.5) is 0 Å². The highest BCUT2D eigenvalue weighted by Gasteiger charge is 2.36. The molecular formula is C13H24N2O3. The lowest BCUT2D eigenvalue weighted by Gasteiger charge is -2.38. The molecule has 18 heavy (non-hydrogen) atoms. The Bertz CT molecular complexity index is 307. The summed E-state index contributed by atoms with van der Waals surface area (Å²) < 4.78 is 0. The number of nitrogens with one attached hydrogen (secondary N) is 1. The fraction of sp³-hybridized carbons (Fsp3) is 0.846. The molecule has 104 valence electrons. The molecule has 5 heteroatoms. The van der Waals surface area contributed by atoms with Gasteiger partial charge in [-0.15, -0.1) is 0 Å². The molecule has 1 saturated heterocycles. The third kappa shape index (κ3) is 3.45. The lowest BCUT2D eigenvalue weighted by Crippen LogP contribution is -2.52. The van der Waals surface area contributed by atoms with Gasteiger partial charge in [0.05, 0.1) is 0 Å². The van der Waals surface area contributed by atoms with Crippen LogP contribution in [0.1, 0.15) is 33.1 Å². The van der Waals surface area contributed by atoms with Crippen molar-refractivity contribution < 1.29 is 14.7 Å². The van der Waals surface area contributed by atoms with Gasteiger partial charge < -0.3 is 15.3 Å². The quantitative estimate of drug-likeness (QED) is 0.768. The molecule has 0 radical (unpaired) electrons. The van der Waals surface area contributed by atoms with Crippen molar-refractivity contribution in [2.75, 3.05) is 20.1 Å². The number of rotatable bonds is 5. The Morgan fingerprint density at radius 2 is 2.17 bits per heavy atom. The molecular weight excluding hydrogens is 232 g/mol. The van der Waals surface area contributed by atoms with E-state index in [0.717, 1.165) is 12.8 Å². The van der Waals surface area contributed by atoms with E-state index in [1.165, 1.54) is 0 Å². The van der Waals surface area contributed by atoms with Crippen molar-refractivity contribution in [1.29, 1.82) is 0 Å². The van der Waals surface area contributed by atoms with Crippen molar-refractivity contribution in [2.24, 2.45) is 11.8 Å². The van der Waals surface area contributed by atoms with Crippen LogP contribution in [0.3, 0.4) is 0 Å². The molecule has 0 bridgehead atoms. The number of hydrogen-bond acceptors (Lipinski definition) is 3. The molecule has 0 aromatic heterocycles. The molecule has 5 nitrogen and oxygen atoms in total. The average Bonchev–Trinajstić information content (AvgIpc) is 2.37. The summed E-state index contributed by atoms with van der Waals surface area (Å²) in [7, 11) is 1.79. The van der Waals surface area contributed by atoms with Gasteiger partial charge in [0.1, 0.15) is 6.04 Å². The number of carbonyl (C=O) groups excluding carboxylic acids is 1. The smallest absolute Gasteiger partial charge is 0.326 e. The predicted octanol–water partition coefficient (Wildman–Crippen LogP) is 0.944. The molecule has 1 aliphatic rings. The molecule has 0 spiro atoms. The molecule has 0 saturated carbocycles. The molecule has 2 N–H and O–H groups in total. The number of nitrogens with zero attached hydrogens (tertiary/aromatic N) is 1. The Hall–Kier alpha value is -1.10. The first-order valence-corrected chi connectivity index (χ1v) is 6.69. The Kier molecular flexibility index (Phi) is 5.59. The van der Waals surface area contributed by atoms with Crippen molar-refractivity contribution >= 4 is 11.9 Å². The standard InChI is InChI=1S/C13H24N2O3/c1-4-10-5-6-15(11(7-10)13(17)18)12(16)9(2)8-14-3/h9-11,14H,4-8H2,1-3H3,(H,17,18). The highest BCUT2D eigenvalue weighted by molar-refractivity contribution is 5.85. The van der Waals surface area contributed by atoms with Gasteiger partial charge in [-0.25, -0.2) is 4.79 Å². The summed E-state index contributed by atoms with van der Waals surface area (Å²) in [6.07, 6.45) is 2.49. The van der Waals surface area contributed by atoms with Crippen LogP contribution in [0.15, 0.2) is 0 Å². The number of likely N-dealkylation sites (tertiary alicyclic amines) is 1. The minimum absolute atomic E-state index is 0.0497. The Labute approximate surface area is 109 Å². The minimum atomic E-state index is -0.877. The first-order chi connectivity index (χ1) is 8.51. The molecule has 3 atom stereocenters. The van der Waals surface area contributed by atoms with Gasteiger partial charge in [0, 0.05) is 19.0 Å². The summed E-state index contributed by atoms with van der Waals surface area (Å²) >= 11 is 0. The van der Waals surface area contributed by atoms with Gasteiger partial charge in [-0.3, -0.25) is 4.79 Å². The molecule has 3 unspecified atom stereocenters. The fourth-order valence-corrected chi connectivity index (χ4v) is 2.58. The SMILES string of the molecule is CCC1CCN(C(=O)C(C)CNC)C(C(=O)O)C1. The van der Waals surface area contributed by atoms with Crippen LogP contribution in [0.5, 0.6) is 0 Å². The zero-order valence-corrected chi connectivity index (χ0v) is 11.5. The first-order valence-electron chi connectivity index (χ1n) is 6.69. The van der Waals surface area contributed by atoms with Crippen LogP contribution < -0.4 is 5.32 Å². The molecule has 1 aliphatic heterocycles. The normalized spacial score (nSPS) is 25.8. The van der Waals surface area contributed by atoms with E-state index in [1.807, 2.05) is 6.92 Å². The van der Waals surface area contributed by atoms with Crippen molar-refractivity contribution in [3.05, 3.63) is 0 Å². The van der Waals surface area contributed by atoms with Crippen molar-refractivity contribution in [2.45, 2.75) is 39.2 Å². The Morgan fingerprint density at radius 3 is 2.67 bits per heavy atom. The summed E-state index contributed by atoms with van der Waals surface area (Å²) in [5.41, 5.74) is 0. The highest BCUT2D eigenvalue weighted by Crippen LogP contribution is 2.26. The number of hydrogen-bond donors (Lipinski definition) is 2. The number of amides is 1. The molecule has 1 heterocycles. The van der Waals surface area contributed by atoms with Crippen molar-refractivity contribution in [3.8, 4) is 0 Å². The molecule has 1 rings (SSSR count). The summed E-state index contributed by atoms with van der Waals surface area (Å²) in [4.78, 5) is 25.1. The van der Waals surface area contributed by atoms with Crippen molar-refractivity contribution in [3.63, 3.8) is 0 Å². The van der Waals surface area contributed by atoms with Gasteiger partial charge >= 0.3 is 5.97 Å². The topological polar surface area (TPSA) is 69.6 Å². The zero-order chi connectivity index (χ0) is 13.7. The van der Waals surface area contributed by atoms with Gasteiger partial charge in [0.25, 0.3) is 0 Å². The first kappa shape index (κ1) is 15.0. The third-order valence-corrected chi connectivity index (χ3v) is 3.79. The van der Waals surface area contributed by atoms with Crippen molar-refractivity contribution in [1.82, 2.24) is 10.2 Å². The van der Waals surface area contributed by atoms with Gasteiger partial charge in [-0.1, -0.05) is 20.3 Å². The van der Waals surface area contributed by atoms with E-state index >= 15 is 0 Å².